The van der Waals surface area contributed by atoms with Gasteiger partial charge >= 0.3 is 0 Å². The van der Waals surface area contributed by atoms with E-state index in [0.29, 0.717) is 15.0 Å². The van der Waals surface area contributed by atoms with Gasteiger partial charge in [-0.25, -0.2) is 4.39 Å². The van der Waals surface area contributed by atoms with E-state index in [1.807, 2.05) is 0 Å². The predicted octanol–water partition coefficient (Wildman–Crippen LogP) is 2.33. The molecule has 0 bridgehead atoms. The molecule has 5 heteroatoms. The molecule has 0 aliphatic heterocycles. The summed E-state index contributed by atoms with van der Waals surface area (Å²) >= 11 is 1.18. The van der Waals surface area contributed by atoms with Crippen LogP contribution in [0.25, 0.3) is 10.1 Å². The lowest BCUT2D eigenvalue weighted by atomic mass is 10.2. The first-order valence-electron chi connectivity index (χ1n) is 5.21. The van der Waals surface area contributed by atoms with Crippen LogP contribution in [0.2, 0.25) is 0 Å². The summed E-state index contributed by atoms with van der Waals surface area (Å²) < 4.78 is 14.3. The standard InChI is InChI=1S/C13H11FN2OS/c1-3-7-16(2)13(17)12-11(15)10-8(14)5-4-6-9(10)18-12/h1,4-6H,7,15H2,2H3. The van der Waals surface area contributed by atoms with Gasteiger partial charge in [0.2, 0.25) is 0 Å². The van der Waals surface area contributed by atoms with Crippen LogP contribution in [-0.2, 0) is 0 Å². The van der Waals surface area contributed by atoms with Crippen LogP contribution in [0, 0.1) is 18.2 Å². The van der Waals surface area contributed by atoms with E-state index in [-0.39, 0.29) is 18.1 Å². The van der Waals surface area contributed by atoms with Gasteiger partial charge < -0.3 is 10.6 Å². The largest absolute Gasteiger partial charge is 0.397 e. The Kier molecular flexibility index (Phi) is 3.21. The summed E-state index contributed by atoms with van der Waals surface area (Å²) in [6, 6.07) is 4.65. The Hall–Kier alpha value is -2.06. The summed E-state index contributed by atoms with van der Waals surface area (Å²) in [7, 11) is 1.59. The van der Waals surface area contributed by atoms with E-state index < -0.39 is 5.82 Å². The number of thiophene rings is 1. The minimum absolute atomic E-state index is 0.182. The van der Waals surface area contributed by atoms with Crippen molar-refractivity contribution >= 4 is 33.0 Å². The predicted molar refractivity (Wildman–Crippen MR) is 72.0 cm³/mol. The molecule has 0 spiro atoms. The Labute approximate surface area is 108 Å². The monoisotopic (exact) mass is 262 g/mol. The third-order valence-corrected chi connectivity index (χ3v) is 3.73. The van der Waals surface area contributed by atoms with Crippen LogP contribution in [-0.4, -0.2) is 24.4 Å². The molecule has 0 unspecified atom stereocenters. The van der Waals surface area contributed by atoms with Crippen LogP contribution in [0.5, 0.6) is 0 Å². The molecule has 2 aromatic rings. The number of amides is 1. The van der Waals surface area contributed by atoms with Gasteiger partial charge in [-0.2, -0.15) is 0 Å². The third-order valence-electron chi connectivity index (χ3n) is 2.57. The lowest BCUT2D eigenvalue weighted by Gasteiger charge is -2.12. The number of rotatable bonds is 2. The molecule has 0 atom stereocenters. The molecular weight excluding hydrogens is 251 g/mol. The van der Waals surface area contributed by atoms with Crippen LogP contribution < -0.4 is 5.73 Å². The number of halogens is 1. The molecule has 0 aliphatic carbocycles. The van der Waals surface area contributed by atoms with E-state index in [4.69, 9.17) is 12.2 Å². The fourth-order valence-electron chi connectivity index (χ4n) is 1.67. The number of nitrogens with zero attached hydrogens (tertiary/aromatic N) is 1. The molecule has 18 heavy (non-hydrogen) atoms. The lowest BCUT2D eigenvalue weighted by Crippen LogP contribution is -2.26. The second kappa shape index (κ2) is 4.67. The molecule has 1 aromatic heterocycles. The number of anilines is 1. The van der Waals surface area contributed by atoms with Crippen molar-refractivity contribution in [1.29, 1.82) is 0 Å². The van der Waals surface area contributed by atoms with Crippen LogP contribution in [0.4, 0.5) is 10.1 Å². The van der Waals surface area contributed by atoms with Crippen LogP contribution in [0.1, 0.15) is 9.67 Å². The molecule has 0 aliphatic rings. The van der Waals surface area contributed by atoms with E-state index >= 15 is 0 Å². The second-order valence-electron chi connectivity index (χ2n) is 3.82. The quantitative estimate of drug-likeness (QED) is 0.844. The average Bonchev–Trinajstić information content (AvgIpc) is 2.67. The zero-order valence-electron chi connectivity index (χ0n) is 9.74. The summed E-state index contributed by atoms with van der Waals surface area (Å²) in [5, 5.41) is 0.306. The number of fused-ring (bicyclic) bond motifs is 1. The van der Waals surface area contributed by atoms with Crippen molar-refractivity contribution in [2.75, 3.05) is 19.3 Å². The maximum absolute atomic E-state index is 13.6. The van der Waals surface area contributed by atoms with Crippen molar-refractivity contribution < 1.29 is 9.18 Å². The zero-order chi connectivity index (χ0) is 13.3. The minimum Gasteiger partial charge on any atom is -0.397 e. The molecule has 0 saturated heterocycles. The highest BCUT2D eigenvalue weighted by Crippen LogP contribution is 2.35. The number of nitrogen functional groups attached to an aromatic ring is 1. The number of hydrogen-bond acceptors (Lipinski definition) is 3. The smallest absolute Gasteiger partial charge is 0.266 e. The molecule has 0 saturated carbocycles. The van der Waals surface area contributed by atoms with Crippen molar-refractivity contribution in [2.45, 2.75) is 0 Å². The SMILES string of the molecule is C#CCN(C)C(=O)c1sc2cccc(F)c2c1N. The first-order chi connectivity index (χ1) is 8.56. The van der Waals surface area contributed by atoms with E-state index in [1.165, 1.54) is 22.3 Å². The first kappa shape index (κ1) is 12.4. The van der Waals surface area contributed by atoms with E-state index in [9.17, 15) is 9.18 Å². The highest BCUT2D eigenvalue weighted by atomic mass is 32.1. The van der Waals surface area contributed by atoms with E-state index in [2.05, 4.69) is 5.92 Å². The Morgan fingerprint density at radius 3 is 2.94 bits per heavy atom. The van der Waals surface area contributed by atoms with E-state index in [0.717, 1.165) is 0 Å². The summed E-state index contributed by atoms with van der Waals surface area (Å²) in [5.41, 5.74) is 6.03. The van der Waals surface area contributed by atoms with Gasteiger partial charge in [-0.3, -0.25) is 4.79 Å². The van der Waals surface area contributed by atoms with Crippen LogP contribution in [0.3, 0.4) is 0 Å². The number of hydrogen-bond donors (Lipinski definition) is 1. The average molecular weight is 262 g/mol. The molecule has 2 N–H and O–H groups in total. The molecular formula is C13H11FN2OS. The number of carbonyl (C=O) groups excluding carboxylic acids is 1. The van der Waals surface area contributed by atoms with Crippen LogP contribution in [0.15, 0.2) is 18.2 Å². The normalized spacial score (nSPS) is 10.3. The Morgan fingerprint density at radius 2 is 2.33 bits per heavy atom. The van der Waals surface area contributed by atoms with Crippen LogP contribution >= 0.6 is 11.3 Å². The zero-order valence-corrected chi connectivity index (χ0v) is 10.6. The molecule has 0 radical (unpaired) electrons. The molecule has 3 nitrogen and oxygen atoms in total. The van der Waals surface area contributed by atoms with Gasteiger partial charge in [0.05, 0.1) is 17.6 Å². The molecule has 0 fully saturated rings. The van der Waals surface area contributed by atoms with E-state index in [1.54, 1.807) is 19.2 Å². The topological polar surface area (TPSA) is 46.3 Å². The van der Waals surface area contributed by atoms with Gasteiger partial charge in [0.1, 0.15) is 10.7 Å². The maximum atomic E-state index is 13.6. The third kappa shape index (κ3) is 1.91. The number of carbonyl (C=O) groups is 1. The van der Waals surface area contributed by atoms with Crippen molar-refractivity contribution in [3.63, 3.8) is 0 Å². The molecule has 1 aromatic carbocycles. The van der Waals surface area contributed by atoms with Gasteiger partial charge in [-0.1, -0.05) is 12.0 Å². The highest BCUT2D eigenvalue weighted by molar-refractivity contribution is 7.21. The van der Waals surface area contributed by atoms with Crippen molar-refractivity contribution in [2.24, 2.45) is 0 Å². The van der Waals surface area contributed by atoms with Crippen molar-refractivity contribution in [3.8, 4) is 12.3 Å². The minimum atomic E-state index is -0.417. The van der Waals surface area contributed by atoms with Gasteiger partial charge in [0, 0.05) is 11.7 Å². The molecule has 1 amide bonds. The number of benzene rings is 1. The first-order valence-corrected chi connectivity index (χ1v) is 6.03. The Morgan fingerprint density at radius 1 is 1.61 bits per heavy atom. The van der Waals surface area contributed by atoms with Gasteiger partial charge in [0.15, 0.2) is 0 Å². The summed E-state index contributed by atoms with van der Waals surface area (Å²) in [6.45, 7) is 0.189. The fraction of sp³-hybridized carbons (Fsp3) is 0.154. The molecule has 1 heterocycles. The van der Waals surface area contributed by atoms with Gasteiger partial charge in [0.25, 0.3) is 5.91 Å². The molecule has 92 valence electrons. The Bertz CT molecular complexity index is 657. The van der Waals surface area contributed by atoms with Crippen molar-refractivity contribution in [1.82, 2.24) is 4.90 Å². The fourth-order valence-corrected chi connectivity index (χ4v) is 2.80. The highest BCUT2D eigenvalue weighted by Gasteiger charge is 2.20. The summed E-state index contributed by atoms with van der Waals surface area (Å²) in [4.78, 5) is 13.8. The lowest BCUT2D eigenvalue weighted by molar-refractivity contribution is 0.0818. The Balaban J connectivity index is 2.54. The second-order valence-corrected chi connectivity index (χ2v) is 4.88. The molecule has 2 rings (SSSR count). The van der Waals surface area contributed by atoms with Gasteiger partial charge in [-0.15, -0.1) is 17.8 Å². The number of nitrogens with two attached hydrogens (primary N) is 1. The summed E-state index contributed by atoms with van der Waals surface area (Å²) in [5.74, 6) is 1.67. The maximum Gasteiger partial charge on any atom is 0.266 e. The van der Waals surface area contributed by atoms with Crippen molar-refractivity contribution in [3.05, 3.63) is 28.9 Å². The summed E-state index contributed by atoms with van der Waals surface area (Å²) in [6.07, 6.45) is 5.15. The van der Waals surface area contributed by atoms with Gasteiger partial charge in [-0.05, 0) is 12.1 Å². The number of terminal acetylenes is 1.